The molecule has 0 spiro atoms. The lowest BCUT2D eigenvalue weighted by Gasteiger charge is -2.23. The fourth-order valence-electron chi connectivity index (χ4n) is 2.48. The fraction of sp³-hybridized carbons (Fsp3) is 0.471. The Bertz CT molecular complexity index is 529. The Morgan fingerprint density at radius 3 is 2.74 bits per heavy atom. The molecule has 5 nitrogen and oxygen atoms in total. The van der Waals surface area contributed by atoms with Gasteiger partial charge in [-0.15, -0.1) is 12.4 Å². The summed E-state index contributed by atoms with van der Waals surface area (Å²) in [4.78, 5) is 11.9. The summed E-state index contributed by atoms with van der Waals surface area (Å²) in [5.41, 5.74) is 1.03. The van der Waals surface area contributed by atoms with E-state index in [9.17, 15) is 4.79 Å². The average Bonchev–Trinajstić information content (AvgIpc) is 2.54. The summed E-state index contributed by atoms with van der Waals surface area (Å²) in [6, 6.07) is 5.89. The smallest absolute Gasteiger partial charge is 0.258 e. The number of ether oxygens (including phenoxy) is 2. The van der Waals surface area contributed by atoms with Crippen LogP contribution in [-0.4, -0.2) is 38.8 Å². The molecule has 0 bridgehead atoms. The van der Waals surface area contributed by atoms with Crippen LogP contribution in [0.5, 0.6) is 11.5 Å². The van der Waals surface area contributed by atoms with E-state index in [0.717, 1.165) is 31.5 Å². The lowest BCUT2D eigenvalue weighted by atomic mass is 10.1. The number of hydrogen-bond acceptors (Lipinski definition) is 4. The number of carbonyl (C=O) groups is 1. The lowest BCUT2D eigenvalue weighted by molar-refractivity contribution is -0.124. The van der Waals surface area contributed by atoms with Gasteiger partial charge in [0.1, 0.15) is 0 Å². The number of halogens is 1. The van der Waals surface area contributed by atoms with Gasteiger partial charge in [-0.25, -0.2) is 0 Å². The molecule has 0 saturated carbocycles. The monoisotopic (exact) mass is 340 g/mol. The Balaban J connectivity index is 0.00000264. The van der Waals surface area contributed by atoms with Crippen molar-refractivity contribution in [1.29, 1.82) is 0 Å². The molecular formula is C17H25ClN2O3. The first-order valence-corrected chi connectivity index (χ1v) is 7.66. The number of allylic oxidation sites excluding steroid dienone is 1. The molecule has 1 aromatic rings. The number of hydrogen-bond donors (Lipinski definition) is 2. The van der Waals surface area contributed by atoms with Gasteiger partial charge in [0.15, 0.2) is 18.1 Å². The topological polar surface area (TPSA) is 59.6 Å². The van der Waals surface area contributed by atoms with Gasteiger partial charge < -0.3 is 20.1 Å². The zero-order valence-corrected chi connectivity index (χ0v) is 14.4. The number of methoxy groups -OCH3 is 1. The molecule has 1 heterocycles. The van der Waals surface area contributed by atoms with Gasteiger partial charge in [-0.3, -0.25) is 4.79 Å². The van der Waals surface area contributed by atoms with Crippen molar-refractivity contribution in [2.75, 3.05) is 26.8 Å². The maximum atomic E-state index is 11.9. The van der Waals surface area contributed by atoms with Crippen molar-refractivity contribution in [1.82, 2.24) is 10.6 Å². The highest BCUT2D eigenvalue weighted by molar-refractivity contribution is 5.85. The molecule has 23 heavy (non-hydrogen) atoms. The molecule has 128 valence electrons. The van der Waals surface area contributed by atoms with Gasteiger partial charge in [-0.05, 0) is 50.6 Å². The van der Waals surface area contributed by atoms with Crippen LogP contribution in [0, 0.1) is 0 Å². The Kier molecular flexibility index (Phi) is 8.51. The van der Waals surface area contributed by atoms with Crippen molar-refractivity contribution in [2.24, 2.45) is 0 Å². The first kappa shape index (κ1) is 19.3. The van der Waals surface area contributed by atoms with Gasteiger partial charge >= 0.3 is 0 Å². The molecule has 1 amide bonds. The predicted molar refractivity (Wildman–Crippen MR) is 94.5 cm³/mol. The van der Waals surface area contributed by atoms with E-state index in [0.29, 0.717) is 11.5 Å². The third-order valence-electron chi connectivity index (χ3n) is 3.61. The zero-order chi connectivity index (χ0) is 15.8. The molecular weight excluding hydrogens is 316 g/mol. The predicted octanol–water partition coefficient (Wildman–Crippen LogP) is 2.40. The summed E-state index contributed by atoms with van der Waals surface area (Å²) in [6.45, 7) is 3.86. The highest BCUT2D eigenvalue weighted by Gasteiger charge is 2.16. The van der Waals surface area contributed by atoms with Crippen molar-refractivity contribution in [2.45, 2.75) is 25.8 Å². The molecule has 1 aromatic carbocycles. The quantitative estimate of drug-likeness (QED) is 0.835. The van der Waals surface area contributed by atoms with Crippen molar-refractivity contribution in [3.8, 4) is 11.5 Å². The van der Waals surface area contributed by atoms with Crippen molar-refractivity contribution in [3.05, 3.63) is 29.8 Å². The van der Waals surface area contributed by atoms with Gasteiger partial charge in [0.25, 0.3) is 5.91 Å². The summed E-state index contributed by atoms with van der Waals surface area (Å²) >= 11 is 0. The van der Waals surface area contributed by atoms with Gasteiger partial charge in [0.2, 0.25) is 0 Å². The van der Waals surface area contributed by atoms with Gasteiger partial charge in [0.05, 0.1) is 7.11 Å². The minimum Gasteiger partial charge on any atom is -0.493 e. The second-order valence-electron chi connectivity index (χ2n) is 5.29. The standard InChI is InChI=1S/C17H24N2O3.ClH/c1-3-4-13-5-6-15(16(11-13)21-2)22-12-17(20)19-14-7-9-18-10-8-14;/h3-6,11,14,18H,7-10,12H2,1-2H3,(H,19,20);1H/b4-3+;. The Morgan fingerprint density at radius 1 is 1.35 bits per heavy atom. The number of carbonyl (C=O) groups excluding carboxylic acids is 1. The maximum absolute atomic E-state index is 11.9. The van der Waals surface area contributed by atoms with Crippen LogP contribution in [0.3, 0.4) is 0 Å². The first-order valence-electron chi connectivity index (χ1n) is 7.66. The molecule has 1 fully saturated rings. The molecule has 0 aliphatic carbocycles. The Labute approximate surface area is 143 Å². The minimum atomic E-state index is -0.0912. The van der Waals surface area contributed by atoms with Crippen LogP contribution >= 0.6 is 12.4 Å². The molecule has 0 atom stereocenters. The maximum Gasteiger partial charge on any atom is 0.258 e. The van der Waals surface area contributed by atoms with Crippen molar-refractivity contribution >= 4 is 24.4 Å². The summed E-state index contributed by atoms with van der Waals surface area (Å²) in [5.74, 6) is 1.12. The van der Waals surface area contributed by atoms with Crippen LogP contribution in [-0.2, 0) is 4.79 Å². The third-order valence-corrected chi connectivity index (χ3v) is 3.61. The highest BCUT2D eigenvalue weighted by Crippen LogP contribution is 2.28. The summed E-state index contributed by atoms with van der Waals surface area (Å²) in [5, 5.41) is 6.27. The highest BCUT2D eigenvalue weighted by atomic mass is 35.5. The molecule has 2 N–H and O–H groups in total. The number of rotatable bonds is 6. The van der Waals surface area contributed by atoms with E-state index in [1.165, 1.54) is 0 Å². The van der Waals surface area contributed by atoms with Gasteiger partial charge in [0, 0.05) is 6.04 Å². The average molecular weight is 341 g/mol. The molecule has 0 unspecified atom stereocenters. The van der Waals surface area contributed by atoms with Crippen LogP contribution in [0.2, 0.25) is 0 Å². The normalized spacial score (nSPS) is 15.0. The molecule has 1 saturated heterocycles. The zero-order valence-electron chi connectivity index (χ0n) is 13.6. The summed E-state index contributed by atoms with van der Waals surface area (Å²) in [6.07, 6.45) is 5.87. The van der Waals surface area contributed by atoms with E-state index in [1.54, 1.807) is 7.11 Å². The van der Waals surface area contributed by atoms with E-state index < -0.39 is 0 Å². The molecule has 6 heteroatoms. The second-order valence-corrected chi connectivity index (χ2v) is 5.29. The minimum absolute atomic E-state index is 0. The van der Waals surface area contributed by atoms with Crippen LogP contribution in [0.25, 0.3) is 6.08 Å². The number of amides is 1. The van der Waals surface area contributed by atoms with E-state index in [1.807, 2.05) is 37.3 Å². The Hall–Kier alpha value is -1.72. The SMILES string of the molecule is C/C=C/c1ccc(OCC(=O)NC2CCNCC2)c(OC)c1.Cl. The Morgan fingerprint density at radius 2 is 2.09 bits per heavy atom. The van der Waals surface area contributed by atoms with Crippen LogP contribution < -0.4 is 20.1 Å². The van der Waals surface area contributed by atoms with Crippen LogP contribution in [0.1, 0.15) is 25.3 Å². The van der Waals surface area contributed by atoms with Crippen LogP contribution in [0.15, 0.2) is 24.3 Å². The molecule has 0 radical (unpaired) electrons. The number of benzene rings is 1. The van der Waals surface area contributed by atoms with Gasteiger partial charge in [-0.1, -0.05) is 18.2 Å². The third kappa shape index (κ3) is 6.12. The van der Waals surface area contributed by atoms with E-state index >= 15 is 0 Å². The fourth-order valence-corrected chi connectivity index (χ4v) is 2.48. The number of piperidine rings is 1. The van der Waals surface area contributed by atoms with Crippen LogP contribution in [0.4, 0.5) is 0 Å². The van der Waals surface area contributed by atoms with Crippen molar-refractivity contribution in [3.63, 3.8) is 0 Å². The first-order chi connectivity index (χ1) is 10.7. The number of nitrogens with one attached hydrogen (secondary N) is 2. The van der Waals surface area contributed by atoms with Crippen molar-refractivity contribution < 1.29 is 14.3 Å². The molecule has 2 rings (SSSR count). The largest absolute Gasteiger partial charge is 0.493 e. The second kappa shape index (κ2) is 10.1. The van der Waals surface area contributed by atoms with E-state index in [2.05, 4.69) is 10.6 Å². The summed E-state index contributed by atoms with van der Waals surface area (Å²) in [7, 11) is 1.59. The molecule has 1 aliphatic heterocycles. The van der Waals surface area contributed by atoms with Gasteiger partial charge in [-0.2, -0.15) is 0 Å². The van der Waals surface area contributed by atoms with E-state index in [-0.39, 0.29) is 31.0 Å². The van der Waals surface area contributed by atoms with E-state index in [4.69, 9.17) is 9.47 Å². The molecule has 0 aromatic heterocycles. The lowest BCUT2D eigenvalue weighted by Crippen LogP contribution is -2.44. The summed E-state index contributed by atoms with van der Waals surface area (Å²) < 4.78 is 10.9. The molecule has 1 aliphatic rings.